The smallest absolute Gasteiger partial charge is 0.220 e. The molecule has 0 aliphatic heterocycles. The minimum absolute atomic E-state index is 0.176. The average Bonchev–Trinajstić information content (AvgIpc) is 3.27. The Morgan fingerprint density at radius 3 is 2.58 bits per heavy atom. The van der Waals surface area contributed by atoms with Crippen molar-refractivity contribution in [1.82, 2.24) is 5.32 Å². The molecule has 1 aromatic carbocycles. The Morgan fingerprint density at radius 1 is 1.37 bits per heavy atom. The highest BCUT2D eigenvalue weighted by atomic mass is 16.5. The van der Waals surface area contributed by atoms with Crippen LogP contribution in [0.2, 0.25) is 0 Å². The van der Waals surface area contributed by atoms with Gasteiger partial charge in [0.25, 0.3) is 0 Å². The molecule has 1 aromatic rings. The Bertz CT molecular complexity index is 409. The van der Waals surface area contributed by atoms with Crippen molar-refractivity contribution >= 4 is 5.91 Å². The standard InChI is InChI=1S/C16H23NO2/c1-3-10-17-16(18)11-15(12-4-5-12)13-6-8-14(19-2)9-7-13/h6-9,12,15H,3-5,10-11H2,1-2H3,(H,17,18). The highest BCUT2D eigenvalue weighted by Gasteiger charge is 2.33. The summed E-state index contributed by atoms with van der Waals surface area (Å²) in [7, 11) is 1.67. The fraction of sp³-hybridized carbons (Fsp3) is 0.562. The van der Waals surface area contributed by atoms with Gasteiger partial charge in [-0.15, -0.1) is 0 Å². The zero-order valence-electron chi connectivity index (χ0n) is 11.8. The van der Waals surface area contributed by atoms with Gasteiger partial charge in [-0.2, -0.15) is 0 Å². The van der Waals surface area contributed by atoms with Gasteiger partial charge in [0.2, 0.25) is 5.91 Å². The van der Waals surface area contributed by atoms with Crippen molar-refractivity contribution in [3.63, 3.8) is 0 Å². The van der Waals surface area contributed by atoms with Gasteiger partial charge in [0, 0.05) is 13.0 Å². The van der Waals surface area contributed by atoms with Crippen LogP contribution in [0.15, 0.2) is 24.3 Å². The Balaban J connectivity index is 2.00. The van der Waals surface area contributed by atoms with E-state index in [1.165, 1.54) is 18.4 Å². The molecule has 0 spiro atoms. The number of rotatable bonds is 7. The summed E-state index contributed by atoms with van der Waals surface area (Å²) in [6, 6.07) is 8.15. The minimum Gasteiger partial charge on any atom is -0.497 e. The third-order valence-electron chi connectivity index (χ3n) is 3.71. The lowest BCUT2D eigenvalue weighted by Crippen LogP contribution is -2.26. The maximum absolute atomic E-state index is 11.9. The van der Waals surface area contributed by atoms with Crippen molar-refractivity contribution in [2.45, 2.75) is 38.5 Å². The van der Waals surface area contributed by atoms with E-state index in [0.29, 0.717) is 18.3 Å². The lowest BCUT2D eigenvalue weighted by atomic mass is 9.90. The number of nitrogens with one attached hydrogen (secondary N) is 1. The predicted molar refractivity (Wildman–Crippen MR) is 76.4 cm³/mol. The van der Waals surface area contributed by atoms with Crippen LogP contribution in [0, 0.1) is 5.92 Å². The van der Waals surface area contributed by atoms with Crippen LogP contribution in [0.3, 0.4) is 0 Å². The number of ether oxygens (including phenoxy) is 1. The second-order valence-electron chi connectivity index (χ2n) is 5.27. The third kappa shape index (κ3) is 3.98. The zero-order chi connectivity index (χ0) is 13.7. The second kappa shape index (κ2) is 6.60. The summed E-state index contributed by atoms with van der Waals surface area (Å²) in [6.45, 7) is 2.85. The van der Waals surface area contributed by atoms with Gasteiger partial charge >= 0.3 is 0 Å². The Kier molecular flexibility index (Phi) is 4.83. The van der Waals surface area contributed by atoms with Crippen molar-refractivity contribution in [2.24, 2.45) is 5.92 Å². The number of hydrogen-bond donors (Lipinski definition) is 1. The Labute approximate surface area is 115 Å². The molecule has 1 aliphatic rings. The quantitative estimate of drug-likeness (QED) is 0.819. The molecule has 0 radical (unpaired) electrons. The number of methoxy groups -OCH3 is 1. The van der Waals surface area contributed by atoms with Crippen LogP contribution in [0.1, 0.15) is 44.1 Å². The summed E-state index contributed by atoms with van der Waals surface area (Å²) in [5.74, 6) is 2.09. The second-order valence-corrected chi connectivity index (χ2v) is 5.27. The molecule has 1 saturated carbocycles. The van der Waals surface area contributed by atoms with Gasteiger partial charge < -0.3 is 10.1 Å². The Morgan fingerprint density at radius 2 is 2.05 bits per heavy atom. The highest BCUT2D eigenvalue weighted by Crippen LogP contribution is 2.44. The van der Waals surface area contributed by atoms with E-state index < -0.39 is 0 Å². The monoisotopic (exact) mass is 261 g/mol. The van der Waals surface area contributed by atoms with Crippen LogP contribution in [0.4, 0.5) is 0 Å². The molecule has 1 atom stereocenters. The molecule has 0 heterocycles. The van der Waals surface area contributed by atoms with Gasteiger partial charge in [-0.3, -0.25) is 4.79 Å². The molecule has 2 rings (SSSR count). The molecule has 3 heteroatoms. The van der Waals surface area contributed by atoms with Crippen LogP contribution >= 0.6 is 0 Å². The topological polar surface area (TPSA) is 38.3 Å². The lowest BCUT2D eigenvalue weighted by molar-refractivity contribution is -0.121. The first-order valence-corrected chi connectivity index (χ1v) is 7.15. The van der Waals surface area contributed by atoms with Crippen molar-refractivity contribution in [1.29, 1.82) is 0 Å². The Hall–Kier alpha value is -1.51. The molecule has 0 bridgehead atoms. The lowest BCUT2D eigenvalue weighted by Gasteiger charge is -2.17. The SMILES string of the molecule is CCCNC(=O)CC(c1ccc(OC)cc1)C1CC1. The summed E-state index contributed by atoms with van der Waals surface area (Å²) in [4.78, 5) is 11.9. The molecule has 1 amide bonds. The van der Waals surface area contributed by atoms with E-state index in [4.69, 9.17) is 4.74 Å². The largest absolute Gasteiger partial charge is 0.497 e. The zero-order valence-corrected chi connectivity index (χ0v) is 11.8. The molecule has 1 fully saturated rings. The number of benzene rings is 1. The first-order chi connectivity index (χ1) is 9.24. The number of hydrogen-bond acceptors (Lipinski definition) is 2. The van der Waals surface area contributed by atoms with Gasteiger partial charge in [0.05, 0.1) is 7.11 Å². The molecule has 19 heavy (non-hydrogen) atoms. The molecule has 0 aromatic heterocycles. The van der Waals surface area contributed by atoms with Crippen molar-refractivity contribution in [3.8, 4) is 5.75 Å². The molecule has 0 saturated heterocycles. The van der Waals surface area contributed by atoms with E-state index in [9.17, 15) is 4.79 Å². The van der Waals surface area contributed by atoms with E-state index in [2.05, 4.69) is 24.4 Å². The van der Waals surface area contributed by atoms with E-state index in [1.54, 1.807) is 7.11 Å². The molecule has 1 unspecified atom stereocenters. The number of carbonyl (C=O) groups is 1. The van der Waals surface area contributed by atoms with Crippen LogP contribution < -0.4 is 10.1 Å². The van der Waals surface area contributed by atoms with Gasteiger partial charge in [-0.1, -0.05) is 19.1 Å². The normalized spacial score (nSPS) is 15.9. The van der Waals surface area contributed by atoms with E-state index in [1.807, 2.05) is 12.1 Å². The van der Waals surface area contributed by atoms with Crippen LogP contribution in [0.25, 0.3) is 0 Å². The number of carbonyl (C=O) groups excluding carboxylic acids is 1. The fourth-order valence-electron chi connectivity index (χ4n) is 2.44. The average molecular weight is 261 g/mol. The van der Waals surface area contributed by atoms with Crippen molar-refractivity contribution in [3.05, 3.63) is 29.8 Å². The van der Waals surface area contributed by atoms with Crippen molar-refractivity contribution < 1.29 is 9.53 Å². The van der Waals surface area contributed by atoms with E-state index in [-0.39, 0.29) is 5.91 Å². The summed E-state index contributed by atoms with van der Waals surface area (Å²) >= 11 is 0. The van der Waals surface area contributed by atoms with Gasteiger partial charge in [-0.05, 0) is 48.8 Å². The molecule has 104 valence electrons. The summed E-state index contributed by atoms with van der Waals surface area (Å²) < 4.78 is 5.18. The minimum atomic E-state index is 0.176. The van der Waals surface area contributed by atoms with Gasteiger partial charge in [0.15, 0.2) is 0 Å². The maximum atomic E-state index is 11.9. The van der Waals surface area contributed by atoms with Crippen LogP contribution in [-0.2, 0) is 4.79 Å². The maximum Gasteiger partial charge on any atom is 0.220 e. The summed E-state index contributed by atoms with van der Waals surface area (Å²) in [5, 5.41) is 2.97. The van der Waals surface area contributed by atoms with Crippen LogP contribution in [0.5, 0.6) is 5.75 Å². The first-order valence-electron chi connectivity index (χ1n) is 7.15. The van der Waals surface area contributed by atoms with Gasteiger partial charge in [-0.25, -0.2) is 0 Å². The van der Waals surface area contributed by atoms with Crippen LogP contribution in [-0.4, -0.2) is 19.6 Å². The molecule has 1 aliphatic carbocycles. The molecular formula is C16H23NO2. The van der Waals surface area contributed by atoms with E-state index >= 15 is 0 Å². The molecule has 1 N–H and O–H groups in total. The molecule has 3 nitrogen and oxygen atoms in total. The highest BCUT2D eigenvalue weighted by molar-refractivity contribution is 5.77. The van der Waals surface area contributed by atoms with E-state index in [0.717, 1.165) is 18.7 Å². The predicted octanol–water partition coefficient (Wildman–Crippen LogP) is 3.11. The summed E-state index contributed by atoms with van der Waals surface area (Å²) in [5.41, 5.74) is 1.26. The third-order valence-corrected chi connectivity index (χ3v) is 3.71. The first kappa shape index (κ1) is 13.9. The van der Waals surface area contributed by atoms with Gasteiger partial charge in [0.1, 0.15) is 5.75 Å². The number of amides is 1. The summed E-state index contributed by atoms with van der Waals surface area (Å²) in [6.07, 6.45) is 4.09. The fourth-order valence-corrected chi connectivity index (χ4v) is 2.44. The van der Waals surface area contributed by atoms with Crippen molar-refractivity contribution in [2.75, 3.05) is 13.7 Å². The molecular weight excluding hydrogens is 238 g/mol.